The molecule has 5 heteroatoms. The van der Waals surface area contributed by atoms with Gasteiger partial charge in [0, 0.05) is 16.6 Å². The second-order valence-electron chi connectivity index (χ2n) is 3.44. The first-order chi connectivity index (χ1) is 7.63. The standard InChI is InChI=1S/C12H10ClNO2.ClH/c1-7-3-4-8-9(12(13)15)5-6-10(16-2)11(8)14-7;/h3-6H,1-2H3;1H. The second kappa shape index (κ2) is 5.34. The summed E-state index contributed by atoms with van der Waals surface area (Å²) in [5.74, 6) is 0.639. The molecule has 0 aliphatic carbocycles. The number of halogens is 2. The van der Waals surface area contributed by atoms with Gasteiger partial charge in [0.2, 0.25) is 0 Å². The van der Waals surface area contributed by atoms with Crippen molar-refractivity contribution in [1.29, 1.82) is 0 Å². The minimum Gasteiger partial charge on any atom is -0.494 e. The normalized spacial score (nSPS) is 9.82. The number of nitrogens with zero attached hydrogens (tertiary/aromatic N) is 1. The van der Waals surface area contributed by atoms with Crippen LogP contribution in [0, 0.1) is 6.92 Å². The molecule has 0 saturated carbocycles. The number of fused-ring (bicyclic) bond motifs is 1. The van der Waals surface area contributed by atoms with Gasteiger partial charge >= 0.3 is 0 Å². The molecule has 1 aromatic carbocycles. The van der Waals surface area contributed by atoms with Gasteiger partial charge < -0.3 is 4.74 Å². The molecule has 2 rings (SSSR count). The van der Waals surface area contributed by atoms with Crippen LogP contribution in [0.4, 0.5) is 0 Å². The molecule has 0 saturated heterocycles. The third-order valence-corrected chi connectivity index (χ3v) is 2.59. The maximum absolute atomic E-state index is 11.2. The number of hydrogen-bond acceptors (Lipinski definition) is 3. The van der Waals surface area contributed by atoms with Gasteiger partial charge in [0.1, 0.15) is 11.3 Å². The van der Waals surface area contributed by atoms with Gasteiger partial charge in [-0.2, -0.15) is 0 Å². The fourth-order valence-electron chi connectivity index (χ4n) is 1.63. The summed E-state index contributed by atoms with van der Waals surface area (Å²) in [5.41, 5.74) is 1.98. The predicted octanol–water partition coefficient (Wildman–Crippen LogP) is 3.35. The number of carbonyl (C=O) groups is 1. The molecule has 1 aromatic heterocycles. The molecule has 0 unspecified atom stereocenters. The van der Waals surface area contributed by atoms with Crippen LogP contribution in [-0.2, 0) is 0 Å². The molecule has 90 valence electrons. The molecule has 0 aliphatic heterocycles. The number of carbonyl (C=O) groups excluding carboxylic acids is 1. The average molecular weight is 272 g/mol. The molecule has 17 heavy (non-hydrogen) atoms. The number of benzene rings is 1. The van der Waals surface area contributed by atoms with E-state index >= 15 is 0 Å². The minimum atomic E-state index is -0.488. The number of aromatic nitrogens is 1. The summed E-state index contributed by atoms with van der Waals surface area (Å²) in [5, 5.41) is 0.225. The van der Waals surface area contributed by atoms with Crippen LogP contribution in [0.2, 0.25) is 0 Å². The van der Waals surface area contributed by atoms with E-state index in [9.17, 15) is 4.79 Å². The number of hydrogen-bond donors (Lipinski definition) is 0. The molecule has 0 radical (unpaired) electrons. The van der Waals surface area contributed by atoms with Gasteiger partial charge in [-0.05, 0) is 36.7 Å². The lowest BCUT2D eigenvalue weighted by Crippen LogP contribution is -1.96. The van der Waals surface area contributed by atoms with Crippen LogP contribution in [0.1, 0.15) is 16.1 Å². The third kappa shape index (κ3) is 2.51. The van der Waals surface area contributed by atoms with Crippen LogP contribution in [0.15, 0.2) is 24.3 Å². The lowest BCUT2D eigenvalue weighted by molar-refractivity contribution is 0.108. The average Bonchev–Trinajstić information content (AvgIpc) is 2.27. The Labute approximate surface area is 110 Å². The van der Waals surface area contributed by atoms with E-state index in [0.29, 0.717) is 22.2 Å². The van der Waals surface area contributed by atoms with E-state index in [-0.39, 0.29) is 12.4 Å². The molecule has 0 amide bonds. The summed E-state index contributed by atoms with van der Waals surface area (Å²) < 4.78 is 5.20. The highest BCUT2D eigenvalue weighted by Gasteiger charge is 2.11. The summed E-state index contributed by atoms with van der Waals surface area (Å²) in [6, 6.07) is 7.01. The van der Waals surface area contributed by atoms with Crippen LogP contribution in [0.5, 0.6) is 5.75 Å². The van der Waals surface area contributed by atoms with Crippen LogP contribution < -0.4 is 4.74 Å². The quantitative estimate of drug-likeness (QED) is 0.787. The van der Waals surface area contributed by atoms with E-state index in [1.807, 2.05) is 19.1 Å². The Balaban J connectivity index is 0.00000144. The highest BCUT2D eigenvalue weighted by atomic mass is 35.5. The van der Waals surface area contributed by atoms with E-state index in [0.717, 1.165) is 5.69 Å². The van der Waals surface area contributed by atoms with Gasteiger partial charge in [-0.1, -0.05) is 6.07 Å². The highest BCUT2D eigenvalue weighted by Crippen LogP contribution is 2.27. The van der Waals surface area contributed by atoms with Gasteiger partial charge in [0.05, 0.1) is 7.11 Å². The van der Waals surface area contributed by atoms with Crippen molar-refractivity contribution in [2.45, 2.75) is 6.92 Å². The topological polar surface area (TPSA) is 39.2 Å². The lowest BCUT2D eigenvalue weighted by atomic mass is 10.1. The summed E-state index contributed by atoms with van der Waals surface area (Å²) in [7, 11) is 1.57. The van der Waals surface area contributed by atoms with Crippen molar-refractivity contribution < 1.29 is 9.53 Å². The third-order valence-electron chi connectivity index (χ3n) is 2.39. The molecular formula is C12H11Cl2NO2. The monoisotopic (exact) mass is 271 g/mol. The molecule has 3 nitrogen and oxygen atoms in total. The second-order valence-corrected chi connectivity index (χ2v) is 3.78. The van der Waals surface area contributed by atoms with Crippen molar-refractivity contribution in [2.75, 3.05) is 7.11 Å². The fraction of sp³-hybridized carbons (Fsp3) is 0.167. The zero-order valence-electron chi connectivity index (χ0n) is 9.36. The number of ether oxygens (including phenoxy) is 1. The van der Waals surface area contributed by atoms with E-state index < -0.39 is 5.24 Å². The minimum absolute atomic E-state index is 0. The Hall–Kier alpha value is -1.32. The van der Waals surface area contributed by atoms with Crippen molar-refractivity contribution in [1.82, 2.24) is 4.98 Å². The maximum atomic E-state index is 11.2. The molecule has 0 aliphatic rings. The first-order valence-corrected chi connectivity index (χ1v) is 5.15. The molecular weight excluding hydrogens is 261 g/mol. The summed E-state index contributed by atoms with van der Waals surface area (Å²) in [4.78, 5) is 15.6. The predicted molar refractivity (Wildman–Crippen MR) is 70.5 cm³/mol. The number of pyridine rings is 1. The molecule has 0 bridgehead atoms. The Morgan fingerprint density at radius 2 is 2.00 bits per heavy atom. The van der Waals surface area contributed by atoms with E-state index in [1.165, 1.54) is 0 Å². The highest BCUT2D eigenvalue weighted by molar-refractivity contribution is 6.68. The Morgan fingerprint density at radius 3 is 2.59 bits per heavy atom. The smallest absolute Gasteiger partial charge is 0.253 e. The van der Waals surface area contributed by atoms with Crippen LogP contribution in [-0.4, -0.2) is 17.3 Å². The van der Waals surface area contributed by atoms with Gasteiger partial charge in [-0.15, -0.1) is 12.4 Å². The molecule has 1 heterocycles. The SMILES string of the molecule is COc1ccc(C(=O)Cl)c2ccc(C)nc12.Cl. The largest absolute Gasteiger partial charge is 0.494 e. The lowest BCUT2D eigenvalue weighted by Gasteiger charge is -2.07. The van der Waals surface area contributed by atoms with Crippen molar-refractivity contribution in [2.24, 2.45) is 0 Å². The number of aryl methyl sites for hydroxylation is 1. The first-order valence-electron chi connectivity index (χ1n) is 4.77. The van der Waals surface area contributed by atoms with Gasteiger partial charge in [-0.3, -0.25) is 4.79 Å². The summed E-state index contributed by atoms with van der Waals surface area (Å²) in [6.07, 6.45) is 0. The zero-order valence-corrected chi connectivity index (χ0v) is 10.9. The summed E-state index contributed by atoms with van der Waals surface area (Å²) >= 11 is 5.51. The summed E-state index contributed by atoms with van der Waals surface area (Å²) in [6.45, 7) is 1.88. The maximum Gasteiger partial charge on any atom is 0.253 e. The number of rotatable bonds is 2. The molecule has 0 atom stereocenters. The molecule has 0 N–H and O–H groups in total. The van der Waals surface area contributed by atoms with Crippen LogP contribution in [0.3, 0.4) is 0 Å². The first kappa shape index (κ1) is 13.7. The van der Waals surface area contributed by atoms with Gasteiger partial charge in [-0.25, -0.2) is 4.98 Å². The zero-order chi connectivity index (χ0) is 11.7. The van der Waals surface area contributed by atoms with Crippen molar-refractivity contribution in [3.63, 3.8) is 0 Å². The van der Waals surface area contributed by atoms with Crippen molar-refractivity contribution in [3.8, 4) is 5.75 Å². The van der Waals surface area contributed by atoms with Gasteiger partial charge in [0.25, 0.3) is 5.24 Å². The van der Waals surface area contributed by atoms with Crippen LogP contribution >= 0.6 is 24.0 Å². The van der Waals surface area contributed by atoms with Crippen LogP contribution in [0.25, 0.3) is 10.9 Å². The van der Waals surface area contributed by atoms with E-state index in [2.05, 4.69) is 4.98 Å². The van der Waals surface area contributed by atoms with Gasteiger partial charge in [0.15, 0.2) is 0 Å². The van der Waals surface area contributed by atoms with E-state index in [1.54, 1.807) is 19.2 Å². The van der Waals surface area contributed by atoms with Crippen molar-refractivity contribution in [3.05, 3.63) is 35.5 Å². The molecule has 0 spiro atoms. The van der Waals surface area contributed by atoms with Crippen molar-refractivity contribution >= 4 is 40.2 Å². The Bertz CT molecular complexity index is 570. The fourth-order valence-corrected chi connectivity index (χ4v) is 1.79. The Kier molecular flexibility index (Phi) is 4.32. The molecule has 2 aromatic rings. The Morgan fingerprint density at radius 1 is 1.29 bits per heavy atom. The molecule has 0 fully saturated rings. The van der Waals surface area contributed by atoms with E-state index in [4.69, 9.17) is 16.3 Å². The number of methoxy groups -OCH3 is 1.